The maximum Gasteiger partial charge on any atom is 0.147 e. The molecule has 35 heavy (non-hydrogen) atoms. The maximum absolute atomic E-state index is 9.98. The van der Waals surface area contributed by atoms with Crippen molar-refractivity contribution in [2.75, 3.05) is 13.1 Å². The Bertz CT molecular complexity index is 1570. The molecule has 0 spiro atoms. The number of piperidine rings is 1. The van der Waals surface area contributed by atoms with Gasteiger partial charge in [-0.15, -0.1) is 0 Å². The fraction of sp³-hybridized carbons (Fsp3) is 0.269. The van der Waals surface area contributed by atoms with E-state index in [0.717, 1.165) is 54.9 Å². The van der Waals surface area contributed by atoms with Gasteiger partial charge in [-0.05, 0) is 63.0 Å². The zero-order valence-corrected chi connectivity index (χ0v) is 19.3. The molecule has 0 radical (unpaired) electrons. The minimum absolute atomic E-state index is 0.347. The molecule has 0 aliphatic carbocycles. The van der Waals surface area contributed by atoms with Gasteiger partial charge < -0.3 is 15.0 Å². The number of nitriles is 1. The first-order valence-electron chi connectivity index (χ1n) is 11.7. The Morgan fingerprint density at radius 3 is 2.83 bits per heavy atom. The van der Waals surface area contributed by atoms with Gasteiger partial charge in [0, 0.05) is 24.4 Å². The lowest BCUT2D eigenvalue weighted by Gasteiger charge is -2.22. The van der Waals surface area contributed by atoms with Crippen molar-refractivity contribution in [2.24, 2.45) is 5.92 Å². The van der Waals surface area contributed by atoms with Crippen molar-refractivity contribution in [3.63, 3.8) is 0 Å². The fourth-order valence-corrected chi connectivity index (χ4v) is 4.62. The van der Waals surface area contributed by atoms with Crippen LogP contribution in [0.1, 0.15) is 24.2 Å². The van der Waals surface area contributed by atoms with Crippen LogP contribution in [-0.4, -0.2) is 42.8 Å². The molecular formula is C26H24N8O. The first-order valence-corrected chi connectivity index (χ1v) is 11.7. The quantitative estimate of drug-likeness (QED) is 0.397. The average Bonchev–Trinajstić information content (AvgIpc) is 3.49. The number of aryl methyl sites for hydroxylation is 1. The Morgan fingerprint density at radius 2 is 1.97 bits per heavy atom. The number of aromatic nitrogens is 6. The Morgan fingerprint density at radius 1 is 1.11 bits per heavy atom. The highest BCUT2D eigenvalue weighted by atomic mass is 16.5. The highest BCUT2D eigenvalue weighted by molar-refractivity contribution is 5.85. The summed E-state index contributed by atoms with van der Waals surface area (Å²) in [5.74, 6) is 2.51. The van der Waals surface area contributed by atoms with Crippen LogP contribution in [0.15, 0.2) is 48.9 Å². The Kier molecular flexibility index (Phi) is 5.35. The second-order valence-corrected chi connectivity index (χ2v) is 8.92. The minimum atomic E-state index is 0.347. The maximum atomic E-state index is 9.98. The largest absolute Gasteiger partial charge is 0.456 e. The van der Waals surface area contributed by atoms with Gasteiger partial charge in [-0.3, -0.25) is 9.67 Å². The summed E-state index contributed by atoms with van der Waals surface area (Å²) in [5, 5.41) is 17.9. The highest BCUT2D eigenvalue weighted by Gasteiger charge is 2.17. The molecule has 9 heteroatoms. The lowest BCUT2D eigenvalue weighted by atomic mass is 9.98. The Balaban J connectivity index is 1.31. The van der Waals surface area contributed by atoms with Gasteiger partial charge in [0.2, 0.25) is 0 Å². The van der Waals surface area contributed by atoms with E-state index in [1.165, 1.54) is 0 Å². The van der Waals surface area contributed by atoms with Gasteiger partial charge in [0.15, 0.2) is 0 Å². The minimum Gasteiger partial charge on any atom is -0.456 e. The molecule has 1 fully saturated rings. The molecule has 1 aliphatic heterocycles. The third kappa shape index (κ3) is 4.20. The number of hydrogen-bond donors (Lipinski definition) is 2. The monoisotopic (exact) mass is 464 g/mol. The van der Waals surface area contributed by atoms with Crippen molar-refractivity contribution in [3.8, 4) is 28.8 Å². The van der Waals surface area contributed by atoms with Gasteiger partial charge in [-0.25, -0.2) is 9.97 Å². The van der Waals surface area contributed by atoms with E-state index in [4.69, 9.17) is 9.72 Å². The van der Waals surface area contributed by atoms with E-state index in [1.807, 2.05) is 48.3 Å². The molecule has 0 atom stereocenters. The van der Waals surface area contributed by atoms with E-state index >= 15 is 0 Å². The summed E-state index contributed by atoms with van der Waals surface area (Å²) in [6, 6.07) is 11.4. The lowest BCUT2D eigenvalue weighted by molar-refractivity contribution is 0.321. The molecule has 0 amide bonds. The first kappa shape index (κ1) is 21.3. The number of benzene rings is 2. The predicted molar refractivity (Wildman–Crippen MR) is 132 cm³/mol. The van der Waals surface area contributed by atoms with E-state index in [1.54, 1.807) is 12.3 Å². The van der Waals surface area contributed by atoms with Crippen molar-refractivity contribution in [1.29, 1.82) is 5.26 Å². The molecule has 4 heterocycles. The Hall–Kier alpha value is -4.29. The van der Waals surface area contributed by atoms with E-state index in [9.17, 15) is 5.26 Å². The van der Waals surface area contributed by atoms with Gasteiger partial charge in [-0.1, -0.05) is 0 Å². The summed E-state index contributed by atoms with van der Waals surface area (Å²) in [6.45, 7) is 4.92. The zero-order valence-electron chi connectivity index (χ0n) is 19.3. The number of aromatic amines is 1. The topological polar surface area (TPSA) is 117 Å². The first-order chi connectivity index (χ1) is 17.2. The van der Waals surface area contributed by atoms with E-state index in [2.05, 4.69) is 31.4 Å². The van der Waals surface area contributed by atoms with E-state index in [0.29, 0.717) is 39.7 Å². The molecule has 2 N–H and O–H groups in total. The van der Waals surface area contributed by atoms with Crippen molar-refractivity contribution in [1.82, 2.24) is 35.0 Å². The van der Waals surface area contributed by atoms with Gasteiger partial charge in [0.25, 0.3) is 0 Å². The van der Waals surface area contributed by atoms with E-state index in [-0.39, 0.29) is 0 Å². The summed E-state index contributed by atoms with van der Waals surface area (Å²) >= 11 is 0. The summed E-state index contributed by atoms with van der Waals surface area (Å²) in [7, 11) is 0. The smallest absolute Gasteiger partial charge is 0.147 e. The fourth-order valence-electron chi connectivity index (χ4n) is 4.62. The third-order valence-corrected chi connectivity index (χ3v) is 6.42. The van der Waals surface area contributed by atoms with Crippen molar-refractivity contribution >= 4 is 22.1 Å². The number of ether oxygens (including phenoxy) is 1. The van der Waals surface area contributed by atoms with Crippen LogP contribution in [0, 0.1) is 24.2 Å². The highest BCUT2D eigenvalue weighted by Crippen LogP contribution is 2.32. The lowest BCUT2D eigenvalue weighted by Crippen LogP contribution is -2.29. The number of rotatable bonds is 5. The number of nitrogens with one attached hydrogen (secondary N) is 2. The summed E-state index contributed by atoms with van der Waals surface area (Å²) in [4.78, 5) is 17.0. The second-order valence-electron chi connectivity index (χ2n) is 8.92. The average molecular weight is 465 g/mol. The molecule has 2 aromatic carbocycles. The predicted octanol–water partition coefficient (Wildman–Crippen LogP) is 4.34. The molecule has 1 aliphatic rings. The van der Waals surface area contributed by atoms with Crippen LogP contribution in [0.25, 0.3) is 33.3 Å². The van der Waals surface area contributed by atoms with Crippen LogP contribution in [-0.2, 0) is 6.54 Å². The number of fused-ring (bicyclic) bond motifs is 2. The molecular weight excluding hydrogens is 440 g/mol. The normalized spacial score (nSPS) is 14.4. The molecule has 0 saturated carbocycles. The molecule has 1 saturated heterocycles. The van der Waals surface area contributed by atoms with Crippen molar-refractivity contribution in [3.05, 3.63) is 60.3 Å². The molecule has 174 valence electrons. The second kappa shape index (κ2) is 8.81. The molecule has 5 aromatic rings. The number of imidazole rings is 1. The standard InChI is InChI=1S/C26H24N8O/c1-16-31-21-3-2-19(10-23(21)32-16)35-25-5-4-22-26(20(25)11-27)33-24(13-29-22)18-12-30-34(15-18)14-17-6-8-28-9-7-17/h2-5,10,12-13,15,17,28H,6-9,14H2,1H3,(H,31,32). The van der Waals surface area contributed by atoms with Crippen LogP contribution >= 0.6 is 0 Å². The van der Waals surface area contributed by atoms with Gasteiger partial charge in [0.1, 0.15) is 34.5 Å². The van der Waals surface area contributed by atoms with Crippen LogP contribution in [0.4, 0.5) is 0 Å². The van der Waals surface area contributed by atoms with E-state index < -0.39 is 0 Å². The zero-order chi connectivity index (χ0) is 23.8. The van der Waals surface area contributed by atoms with Crippen molar-refractivity contribution in [2.45, 2.75) is 26.3 Å². The van der Waals surface area contributed by atoms with Gasteiger partial charge in [-0.2, -0.15) is 10.4 Å². The number of hydrogen-bond acceptors (Lipinski definition) is 7. The molecule has 0 bridgehead atoms. The SMILES string of the molecule is Cc1nc2ccc(Oc3ccc4ncc(-c5cnn(CC6CCNCC6)c5)nc4c3C#N)cc2[nH]1. The van der Waals surface area contributed by atoms with Crippen LogP contribution < -0.4 is 10.1 Å². The Labute approximate surface area is 201 Å². The molecule has 9 nitrogen and oxygen atoms in total. The molecule has 3 aromatic heterocycles. The molecule has 6 rings (SSSR count). The summed E-state index contributed by atoms with van der Waals surface area (Å²) in [5.41, 5.74) is 4.79. The number of H-pyrrole nitrogens is 1. The molecule has 0 unspecified atom stereocenters. The van der Waals surface area contributed by atoms with Crippen molar-refractivity contribution < 1.29 is 4.74 Å². The number of nitrogens with zero attached hydrogens (tertiary/aromatic N) is 6. The van der Waals surface area contributed by atoms with Crippen LogP contribution in [0.3, 0.4) is 0 Å². The van der Waals surface area contributed by atoms with Crippen LogP contribution in [0.2, 0.25) is 0 Å². The van der Waals surface area contributed by atoms with Crippen LogP contribution in [0.5, 0.6) is 11.5 Å². The third-order valence-electron chi connectivity index (χ3n) is 6.42. The summed E-state index contributed by atoms with van der Waals surface area (Å²) in [6.07, 6.45) is 7.86. The summed E-state index contributed by atoms with van der Waals surface area (Å²) < 4.78 is 8.08. The van der Waals surface area contributed by atoms with Gasteiger partial charge >= 0.3 is 0 Å². The van der Waals surface area contributed by atoms with Gasteiger partial charge in [0.05, 0.1) is 34.6 Å².